The number of halogens is 3. The summed E-state index contributed by atoms with van der Waals surface area (Å²) in [6.07, 6.45) is -4.44. The van der Waals surface area contributed by atoms with Crippen LogP contribution >= 0.6 is 0 Å². The molecule has 0 fully saturated rings. The lowest BCUT2D eigenvalue weighted by atomic mass is 10.1. The van der Waals surface area contributed by atoms with E-state index in [0.717, 1.165) is 6.07 Å². The Hall–Kier alpha value is -1.43. The van der Waals surface area contributed by atoms with Gasteiger partial charge in [0.15, 0.2) is 0 Å². The van der Waals surface area contributed by atoms with Crippen LogP contribution in [0.1, 0.15) is 26.3 Å². The van der Waals surface area contributed by atoms with Crippen molar-refractivity contribution < 1.29 is 17.9 Å². The number of anilines is 2. The summed E-state index contributed by atoms with van der Waals surface area (Å²) in [5.74, 6) is 0. The molecule has 0 unspecified atom stereocenters. The predicted molar refractivity (Wildman–Crippen MR) is 70.1 cm³/mol. The molecule has 0 amide bonds. The Morgan fingerprint density at radius 2 is 1.89 bits per heavy atom. The maximum atomic E-state index is 12.9. The van der Waals surface area contributed by atoms with E-state index in [9.17, 15) is 13.2 Å². The summed E-state index contributed by atoms with van der Waals surface area (Å²) < 4.78 is 44.0. The van der Waals surface area contributed by atoms with E-state index >= 15 is 0 Å². The minimum atomic E-state index is -4.44. The van der Waals surface area contributed by atoms with Crippen LogP contribution in [-0.2, 0) is 10.9 Å². The molecular formula is C13H19F3N2O. The van der Waals surface area contributed by atoms with Crippen molar-refractivity contribution in [3.8, 4) is 0 Å². The summed E-state index contributed by atoms with van der Waals surface area (Å²) in [7, 11) is 0. The molecule has 3 nitrogen and oxygen atoms in total. The van der Waals surface area contributed by atoms with E-state index in [0.29, 0.717) is 6.61 Å². The van der Waals surface area contributed by atoms with Crippen molar-refractivity contribution in [2.24, 2.45) is 0 Å². The summed E-state index contributed by atoms with van der Waals surface area (Å²) >= 11 is 0. The fraction of sp³-hybridized carbons (Fsp3) is 0.538. The molecule has 6 heteroatoms. The Morgan fingerprint density at radius 1 is 1.26 bits per heavy atom. The largest absolute Gasteiger partial charge is 0.418 e. The highest BCUT2D eigenvalue weighted by Gasteiger charge is 2.34. The molecular weight excluding hydrogens is 257 g/mol. The van der Waals surface area contributed by atoms with Crippen LogP contribution in [0.3, 0.4) is 0 Å². The first-order valence-electron chi connectivity index (χ1n) is 6.00. The molecule has 1 rings (SSSR count). The first-order valence-corrected chi connectivity index (χ1v) is 6.00. The zero-order chi connectivity index (χ0) is 14.7. The van der Waals surface area contributed by atoms with Crippen LogP contribution in [0, 0.1) is 0 Å². The van der Waals surface area contributed by atoms with E-state index < -0.39 is 17.3 Å². The third-order valence-electron chi connectivity index (χ3n) is 2.59. The fourth-order valence-corrected chi connectivity index (χ4v) is 1.70. The Bertz CT molecular complexity index is 430. The van der Waals surface area contributed by atoms with Gasteiger partial charge >= 0.3 is 6.18 Å². The molecule has 19 heavy (non-hydrogen) atoms. The SMILES string of the molecule is CCOC(C)(C)CNc1ccc(N)cc1C(F)(F)F. The number of benzene rings is 1. The molecule has 0 saturated heterocycles. The lowest BCUT2D eigenvalue weighted by Gasteiger charge is -2.26. The van der Waals surface area contributed by atoms with Gasteiger partial charge in [-0.2, -0.15) is 13.2 Å². The molecule has 1 aromatic rings. The van der Waals surface area contributed by atoms with Crippen LogP contribution in [0.4, 0.5) is 24.5 Å². The van der Waals surface area contributed by atoms with Crippen LogP contribution in [0.25, 0.3) is 0 Å². The maximum Gasteiger partial charge on any atom is 0.418 e. The van der Waals surface area contributed by atoms with Crippen molar-refractivity contribution in [3.63, 3.8) is 0 Å². The van der Waals surface area contributed by atoms with Crippen molar-refractivity contribution in [2.75, 3.05) is 24.2 Å². The van der Waals surface area contributed by atoms with Crippen LogP contribution in [0.5, 0.6) is 0 Å². The van der Waals surface area contributed by atoms with Gasteiger partial charge in [0.2, 0.25) is 0 Å². The summed E-state index contributed by atoms with van der Waals surface area (Å²) in [4.78, 5) is 0. The third kappa shape index (κ3) is 4.63. The Kier molecular flexibility index (Phi) is 4.68. The number of nitrogen functional groups attached to an aromatic ring is 1. The molecule has 0 atom stereocenters. The molecule has 0 aromatic heterocycles. The van der Waals surface area contributed by atoms with Gasteiger partial charge < -0.3 is 15.8 Å². The minimum absolute atomic E-state index is 0.00878. The fourth-order valence-electron chi connectivity index (χ4n) is 1.70. The van der Waals surface area contributed by atoms with Gasteiger partial charge in [0, 0.05) is 24.5 Å². The first-order chi connectivity index (χ1) is 8.65. The number of hydrogen-bond donors (Lipinski definition) is 2. The number of hydrogen-bond acceptors (Lipinski definition) is 3. The highest BCUT2D eigenvalue weighted by atomic mass is 19.4. The second kappa shape index (κ2) is 5.69. The molecule has 0 spiro atoms. The molecule has 0 heterocycles. The van der Waals surface area contributed by atoms with E-state index in [2.05, 4.69) is 5.32 Å². The number of nitrogens with one attached hydrogen (secondary N) is 1. The van der Waals surface area contributed by atoms with Crippen LogP contribution in [-0.4, -0.2) is 18.8 Å². The summed E-state index contributed by atoms with van der Waals surface area (Å²) in [6.45, 7) is 6.24. The summed E-state index contributed by atoms with van der Waals surface area (Å²) in [5.41, 5.74) is 4.19. The maximum absolute atomic E-state index is 12.9. The van der Waals surface area contributed by atoms with Crippen LogP contribution in [0.15, 0.2) is 18.2 Å². The van der Waals surface area contributed by atoms with E-state index in [-0.39, 0.29) is 17.9 Å². The van der Waals surface area contributed by atoms with E-state index in [1.165, 1.54) is 12.1 Å². The van der Waals surface area contributed by atoms with Gasteiger partial charge in [0.1, 0.15) is 0 Å². The predicted octanol–water partition coefficient (Wildman–Crippen LogP) is 3.51. The number of ether oxygens (including phenoxy) is 1. The minimum Gasteiger partial charge on any atom is -0.399 e. The van der Waals surface area contributed by atoms with Crippen molar-refractivity contribution in [1.29, 1.82) is 0 Å². The van der Waals surface area contributed by atoms with E-state index in [4.69, 9.17) is 10.5 Å². The number of alkyl halides is 3. The van der Waals surface area contributed by atoms with Gasteiger partial charge in [-0.1, -0.05) is 0 Å². The van der Waals surface area contributed by atoms with Gasteiger partial charge in [0.05, 0.1) is 11.2 Å². The second-order valence-electron chi connectivity index (χ2n) is 4.85. The Balaban J connectivity index is 2.90. The quantitative estimate of drug-likeness (QED) is 0.809. The molecule has 0 radical (unpaired) electrons. The lowest BCUT2D eigenvalue weighted by Crippen LogP contribution is -2.33. The average Bonchev–Trinajstić information content (AvgIpc) is 2.26. The standard InChI is InChI=1S/C13H19F3N2O/c1-4-19-12(2,3)8-18-11-6-5-9(17)7-10(11)13(14,15)16/h5-7,18H,4,8,17H2,1-3H3. The average molecular weight is 276 g/mol. The normalized spacial score (nSPS) is 12.5. The lowest BCUT2D eigenvalue weighted by molar-refractivity contribution is -0.137. The van der Waals surface area contributed by atoms with Gasteiger partial charge in [-0.05, 0) is 39.0 Å². The van der Waals surface area contributed by atoms with Gasteiger partial charge in [0.25, 0.3) is 0 Å². The van der Waals surface area contributed by atoms with Gasteiger partial charge in [-0.25, -0.2) is 0 Å². The number of rotatable bonds is 5. The van der Waals surface area contributed by atoms with E-state index in [1.54, 1.807) is 0 Å². The van der Waals surface area contributed by atoms with Crippen molar-refractivity contribution in [1.82, 2.24) is 0 Å². The number of nitrogens with two attached hydrogens (primary N) is 1. The molecule has 0 aliphatic rings. The smallest absolute Gasteiger partial charge is 0.399 e. The van der Waals surface area contributed by atoms with Gasteiger partial charge in [-0.15, -0.1) is 0 Å². The molecule has 0 aliphatic carbocycles. The molecule has 0 saturated carbocycles. The highest BCUT2D eigenvalue weighted by molar-refractivity contribution is 5.59. The summed E-state index contributed by atoms with van der Waals surface area (Å²) in [5, 5.41) is 2.77. The zero-order valence-electron chi connectivity index (χ0n) is 11.3. The monoisotopic (exact) mass is 276 g/mol. The topological polar surface area (TPSA) is 47.3 Å². The molecule has 108 valence electrons. The third-order valence-corrected chi connectivity index (χ3v) is 2.59. The van der Waals surface area contributed by atoms with Crippen molar-refractivity contribution in [3.05, 3.63) is 23.8 Å². The van der Waals surface area contributed by atoms with Crippen molar-refractivity contribution in [2.45, 2.75) is 32.5 Å². The van der Waals surface area contributed by atoms with E-state index in [1.807, 2.05) is 20.8 Å². The molecule has 0 bridgehead atoms. The first kappa shape index (κ1) is 15.6. The molecule has 3 N–H and O–H groups in total. The Labute approximate surface area is 110 Å². The molecule has 1 aromatic carbocycles. The Morgan fingerprint density at radius 3 is 2.42 bits per heavy atom. The van der Waals surface area contributed by atoms with Gasteiger partial charge in [-0.3, -0.25) is 0 Å². The zero-order valence-corrected chi connectivity index (χ0v) is 11.3. The highest BCUT2D eigenvalue weighted by Crippen LogP contribution is 2.36. The van der Waals surface area contributed by atoms with Crippen LogP contribution < -0.4 is 11.1 Å². The molecule has 0 aliphatic heterocycles. The van der Waals surface area contributed by atoms with Crippen molar-refractivity contribution >= 4 is 11.4 Å². The second-order valence-corrected chi connectivity index (χ2v) is 4.85. The summed E-state index contributed by atoms with van der Waals surface area (Å²) in [6, 6.07) is 3.70. The van der Waals surface area contributed by atoms with Crippen LogP contribution in [0.2, 0.25) is 0 Å².